The predicted molar refractivity (Wildman–Crippen MR) is 111 cm³/mol. The summed E-state index contributed by atoms with van der Waals surface area (Å²) in [5.41, 5.74) is -1.14. The van der Waals surface area contributed by atoms with Crippen molar-refractivity contribution in [2.45, 2.75) is 37.5 Å². The van der Waals surface area contributed by atoms with Crippen LogP contribution in [0.1, 0.15) is 46.9 Å². The molecule has 0 aliphatic carbocycles. The lowest BCUT2D eigenvalue weighted by atomic mass is 9.91. The number of benzene rings is 1. The molecule has 1 aromatic heterocycles. The number of aromatic nitrogens is 1. The van der Waals surface area contributed by atoms with E-state index in [0.717, 1.165) is 12.6 Å². The van der Waals surface area contributed by atoms with Crippen molar-refractivity contribution in [2.24, 2.45) is 0 Å². The summed E-state index contributed by atoms with van der Waals surface area (Å²) in [5, 5.41) is 11.5. The molecule has 31 heavy (non-hydrogen) atoms. The number of amides is 2. The molecular formula is C20H18BrClF3N3O3. The average Bonchev–Trinajstić information content (AvgIpc) is 2.71. The Morgan fingerprint density at radius 2 is 2.03 bits per heavy atom. The number of likely N-dealkylation sites (tertiary alicyclic amines) is 1. The van der Waals surface area contributed by atoms with Gasteiger partial charge in [0.25, 0.3) is 5.91 Å². The van der Waals surface area contributed by atoms with Gasteiger partial charge in [0, 0.05) is 17.2 Å². The maximum absolute atomic E-state index is 13.2. The summed E-state index contributed by atoms with van der Waals surface area (Å²) in [7, 11) is 0. The molecule has 6 nitrogen and oxygen atoms in total. The molecule has 11 heteroatoms. The minimum Gasteiger partial charge on any atom is -0.465 e. The van der Waals surface area contributed by atoms with Crippen LogP contribution >= 0.6 is 27.5 Å². The zero-order chi connectivity index (χ0) is 22.8. The molecule has 2 heterocycles. The van der Waals surface area contributed by atoms with E-state index >= 15 is 0 Å². The summed E-state index contributed by atoms with van der Waals surface area (Å²) in [5.74, 6) is -0.919. The van der Waals surface area contributed by atoms with E-state index in [0.29, 0.717) is 35.5 Å². The third-order valence-corrected chi connectivity index (χ3v) is 5.96. The number of piperidine rings is 1. The first kappa shape index (κ1) is 23.3. The normalized spacial score (nSPS) is 17.8. The zero-order valence-electron chi connectivity index (χ0n) is 16.0. The molecular weight excluding hydrogens is 503 g/mol. The van der Waals surface area contributed by atoms with Crippen LogP contribution in [0.4, 0.5) is 18.0 Å². The number of carbonyl (C=O) groups excluding carboxylic acids is 1. The molecule has 2 N–H and O–H groups in total. The molecule has 1 aliphatic rings. The molecule has 0 bridgehead atoms. The van der Waals surface area contributed by atoms with Gasteiger partial charge in [-0.3, -0.25) is 4.79 Å². The number of nitrogens with zero attached hydrogens (tertiary/aromatic N) is 2. The largest absolute Gasteiger partial charge is 0.465 e. The van der Waals surface area contributed by atoms with Gasteiger partial charge in [-0.25, -0.2) is 9.78 Å². The molecule has 2 aromatic rings. The van der Waals surface area contributed by atoms with Crippen molar-refractivity contribution in [1.82, 2.24) is 15.2 Å². The number of carbonyl (C=O) groups is 2. The number of halogens is 5. The van der Waals surface area contributed by atoms with E-state index in [1.165, 1.54) is 4.90 Å². The van der Waals surface area contributed by atoms with E-state index in [2.05, 4.69) is 26.2 Å². The van der Waals surface area contributed by atoms with Crippen LogP contribution in [0.15, 0.2) is 41.0 Å². The van der Waals surface area contributed by atoms with Gasteiger partial charge in [-0.1, -0.05) is 39.7 Å². The summed E-state index contributed by atoms with van der Waals surface area (Å²) in [4.78, 5) is 29.7. The van der Waals surface area contributed by atoms with Crippen LogP contribution in [0.5, 0.6) is 0 Å². The van der Waals surface area contributed by atoms with Crippen LogP contribution in [0.2, 0.25) is 5.02 Å². The van der Waals surface area contributed by atoms with Gasteiger partial charge in [-0.15, -0.1) is 0 Å². The SMILES string of the molecule is O=C(NC(c1cccc(Br)c1)[C@@H]1CCCCN1C(=O)O)c1nccc(C(F)(F)F)c1Cl. The number of alkyl halides is 3. The molecule has 2 atom stereocenters. The summed E-state index contributed by atoms with van der Waals surface area (Å²) in [6.07, 6.45) is -3.10. The quantitative estimate of drug-likeness (QED) is 0.556. The Balaban J connectivity index is 2.00. The smallest absolute Gasteiger partial charge is 0.417 e. The Bertz CT molecular complexity index is 990. The van der Waals surface area contributed by atoms with E-state index < -0.39 is 46.5 Å². The Labute approximate surface area is 189 Å². The van der Waals surface area contributed by atoms with Gasteiger partial charge in [0.15, 0.2) is 0 Å². The van der Waals surface area contributed by atoms with Gasteiger partial charge in [-0.2, -0.15) is 13.2 Å². The summed E-state index contributed by atoms with van der Waals surface area (Å²) < 4.78 is 40.2. The second-order valence-electron chi connectivity index (χ2n) is 7.06. The van der Waals surface area contributed by atoms with Gasteiger partial charge >= 0.3 is 12.3 Å². The van der Waals surface area contributed by atoms with Crippen LogP contribution in [0.3, 0.4) is 0 Å². The Hall–Kier alpha value is -2.33. The molecule has 0 saturated carbocycles. The van der Waals surface area contributed by atoms with Crippen molar-refractivity contribution in [3.63, 3.8) is 0 Å². The minimum absolute atomic E-state index is 0.295. The number of carboxylic acid groups (broad SMARTS) is 1. The Morgan fingerprint density at radius 3 is 2.68 bits per heavy atom. The lowest BCUT2D eigenvalue weighted by Crippen LogP contribution is -2.50. The highest BCUT2D eigenvalue weighted by atomic mass is 79.9. The van der Waals surface area contributed by atoms with Crippen LogP contribution in [0.25, 0.3) is 0 Å². The van der Waals surface area contributed by atoms with Crippen molar-refractivity contribution in [3.8, 4) is 0 Å². The first-order valence-corrected chi connectivity index (χ1v) is 10.5. The van der Waals surface area contributed by atoms with Gasteiger partial charge in [0.1, 0.15) is 5.69 Å². The molecule has 2 amide bonds. The summed E-state index contributed by atoms with van der Waals surface area (Å²) in [6, 6.07) is 6.21. The zero-order valence-corrected chi connectivity index (χ0v) is 18.3. The number of hydrogen-bond donors (Lipinski definition) is 2. The number of hydrogen-bond acceptors (Lipinski definition) is 3. The number of rotatable bonds is 4. The predicted octanol–water partition coefficient (Wildman–Crippen LogP) is 5.52. The molecule has 0 spiro atoms. The number of pyridine rings is 1. The summed E-state index contributed by atoms with van der Waals surface area (Å²) in [6.45, 7) is 0.295. The first-order chi connectivity index (χ1) is 14.6. The van der Waals surface area contributed by atoms with Crippen molar-refractivity contribution in [3.05, 3.63) is 62.8 Å². The van der Waals surface area contributed by atoms with Crippen molar-refractivity contribution < 1.29 is 27.9 Å². The van der Waals surface area contributed by atoms with E-state index in [4.69, 9.17) is 11.6 Å². The fourth-order valence-electron chi connectivity index (χ4n) is 3.67. The fraction of sp³-hybridized carbons (Fsp3) is 0.350. The monoisotopic (exact) mass is 519 g/mol. The van der Waals surface area contributed by atoms with Gasteiger partial charge in [0.05, 0.1) is 22.7 Å². The standard InChI is InChI=1S/C20H18BrClF3N3O3/c21-12-5-3-4-11(10-12)16(14-6-1-2-9-28(14)19(30)31)27-18(29)17-15(22)13(7-8-26-17)20(23,24)25/h3-5,7-8,10,14,16H,1-2,6,9H2,(H,27,29)(H,30,31)/t14-,16?/m0/s1. The first-order valence-electron chi connectivity index (χ1n) is 9.37. The Morgan fingerprint density at radius 1 is 1.29 bits per heavy atom. The third-order valence-electron chi connectivity index (χ3n) is 5.08. The second-order valence-corrected chi connectivity index (χ2v) is 8.36. The Kier molecular flexibility index (Phi) is 7.10. The van der Waals surface area contributed by atoms with Crippen LogP contribution in [0, 0.1) is 0 Å². The van der Waals surface area contributed by atoms with E-state index in [1.807, 2.05) is 0 Å². The van der Waals surface area contributed by atoms with E-state index in [1.54, 1.807) is 24.3 Å². The third kappa shape index (κ3) is 5.30. The van der Waals surface area contributed by atoms with Crippen molar-refractivity contribution in [2.75, 3.05) is 6.54 Å². The topological polar surface area (TPSA) is 82.5 Å². The molecule has 1 aromatic carbocycles. The van der Waals surface area contributed by atoms with Gasteiger partial charge in [0.2, 0.25) is 0 Å². The molecule has 166 valence electrons. The van der Waals surface area contributed by atoms with Crippen molar-refractivity contribution >= 4 is 39.5 Å². The second kappa shape index (κ2) is 9.44. The molecule has 1 fully saturated rings. The maximum atomic E-state index is 13.2. The molecule has 3 rings (SSSR count). The maximum Gasteiger partial charge on any atom is 0.417 e. The highest BCUT2D eigenvalue weighted by Gasteiger charge is 2.38. The average molecular weight is 521 g/mol. The van der Waals surface area contributed by atoms with Crippen molar-refractivity contribution in [1.29, 1.82) is 0 Å². The van der Waals surface area contributed by atoms with E-state index in [-0.39, 0.29) is 0 Å². The molecule has 1 aliphatic heterocycles. The van der Waals surface area contributed by atoms with Gasteiger partial charge < -0.3 is 15.3 Å². The molecule has 1 unspecified atom stereocenters. The summed E-state index contributed by atoms with van der Waals surface area (Å²) >= 11 is 9.20. The van der Waals surface area contributed by atoms with Crippen LogP contribution in [-0.4, -0.2) is 39.6 Å². The lowest BCUT2D eigenvalue weighted by Gasteiger charge is -2.39. The molecule has 0 radical (unpaired) electrons. The lowest BCUT2D eigenvalue weighted by molar-refractivity contribution is -0.137. The molecule has 1 saturated heterocycles. The highest BCUT2D eigenvalue weighted by molar-refractivity contribution is 9.10. The van der Waals surface area contributed by atoms with Crippen LogP contribution < -0.4 is 5.32 Å². The fourth-order valence-corrected chi connectivity index (χ4v) is 4.40. The van der Waals surface area contributed by atoms with E-state index in [9.17, 15) is 27.9 Å². The number of nitrogens with one attached hydrogen (secondary N) is 1. The van der Waals surface area contributed by atoms with Crippen LogP contribution in [-0.2, 0) is 6.18 Å². The highest BCUT2D eigenvalue weighted by Crippen LogP contribution is 2.36. The minimum atomic E-state index is -4.75. The van der Waals surface area contributed by atoms with Gasteiger partial charge in [-0.05, 0) is 43.0 Å².